The fraction of sp³-hybridized carbons (Fsp3) is 0.133. The number of carbonyl (C=O) groups excluding carboxylic acids is 1. The number of aromatic hydroxyl groups is 1. The van der Waals surface area contributed by atoms with Crippen LogP contribution >= 0.6 is 11.6 Å². The predicted octanol–water partition coefficient (Wildman–Crippen LogP) is 2.60. The molecule has 2 rings (SSSR count). The van der Waals surface area contributed by atoms with Gasteiger partial charge in [-0.05, 0) is 42.8 Å². The fourth-order valence-electron chi connectivity index (χ4n) is 1.66. The van der Waals surface area contributed by atoms with Gasteiger partial charge in [-0.2, -0.15) is 5.10 Å². The number of nitrogens with zero attached hydrogens (tertiary/aromatic N) is 2. The Balaban J connectivity index is 2.05. The second-order valence-electron chi connectivity index (χ2n) is 4.20. The highest BCUT2D eigenvalue weighted by Crippen LogP contribution is 2.26. The smallest absolute Gasteiger partial charge is 0.274 e. The summed E-state index contributed by atoms with van der Waals surface area (Å²) in [4.78, 5) is 15.7. The standard InChI is InChI=1S/C15H14ClN3O3/c1-2-22-13-8-10(5-6-12(13)20)9-18-19-15(21)11-4-3-7-17-14(11)16/h3-9,20H,2H2,1H3,(H,19,21)/b18-9+. The summed E-state index contributed by atoms with van der Waals surface area (Å²) in [7, 11) is 0. The third kappa shape index (κ3) is 3.95. The third-order valence-corrected chi connectivity index (χ3v) is 2.97. The van der Waals surface area contributed by atoms with Crippen LogP contribution in [0.15, 0.2) is 41.6 Å². The van der Waals surface area contributed by atoms with Crippen LogP contribution in [-0.2, 0) is 0 Å². The van der Waals surface area contributed by atoms with Crippen molar-refractivity contribution in [3.05, 3.63) is 52.8 Å². The molecular weight excluding hydrogens is 306 g/mol. The molecule has 2 N–H and O–H groups in total. The van der Waals surface area contributed by atoms with E-state index in [4.69, 9.17) is 16.3 Å². The molecule has 7 heteroatoms. The Morgan fingerprint density at radius 3 is 3.05 bits per heavy atom. The summed E-state index contributed by atoms with van der Waals surface area (Å²) >= 11 is 5.82. The molecule has 0 unspecified atom stereocenters. The number of aromatic nitrogens is 1. The Morgan fingerprint density at radius 2 is 2.32 bits per heavy atom. The van der Waals surface area contributed by atoms with Crippen LogP contribution in [0, 0.1) is 0 Å². The van der Waals surface area contributed by atoms with Crippen LogP contribution < -0.4 is 10.2 Å². The number of hydrogen-bond acceptors (Lipinski definition) is 5. The van der Waals surface area contributed by atoms with Crippen molar-refractivity contribution in [2.75, 3.05) is 6.61 Å². The van der Waals surface area contributed by atoms with Crippen molar-refractivity contribution < 1.29 is 14.6 Å². The number of ether oxygens (including phenoxy) is 1. The van der Waals surface area contributed by atoms with Gasteiger partial charge in [0.15, 0.2) is 11.5 Å². The molecule has 0 bridgehead atoms. The van der Waals surface area contributed by atoms with Crippen molar-refractivity contribution >= 4 is 23.7 Å². The van der Waals surface area contributed by atoms with E-state index in [1.54, 1.807) is 24.3 Å². The van der Waals surface area contributed by atoms with E-state index in [2.05, 4.69) is 15.5 Å². The average Bonchev–Trinajstić information content (AvgIpc) is 2.51. The Labute approximate surface area is 132 Å². The van der Waals surface area contributed by atoms with E-state index in [1.807, 2.05) is 6.92 Å². The number of nitrogens with one attached hydrogen (secondary N) is 1. The molecule has 0 atom stereocenters. The largest absolute Gasteiger partial charge is 0.504 e. The van der Waals surface area contributed by atoms with Crippen molar-refractivity contribution in [2.45, 2.75) is 6.92 Å². The number of benzene rings is 1. The van der Waals surface area contributed by atoms with Crippen LogP contribution in [0.25, 0.3) is 0 Å². The number of amides is 1. The summed E-state index contributed by atoms with van der Waals surface area (Å²) in [6.07, 6.45) is 2.93. The van der Waals surface area contributed by atoms with Crippen molar-refractivity contribution in [1.82, 2.24) is 10.4 Å². The van der Waals surface area contributed by atoms with Gasteiger partial charge >= 0.3 is 0 Å². The summed E-state index contributed by atoms with van der Waals surface area (Å²) in [6, 6.07) is 7.91. The van der Waals surface area contributed by atoms with Crippen molar-refractivity contribution in [3.63, 3.8) is 0 Å². The van der Waals surface area contributed by atoms with Crippen LogP contribution in [0.3, 0.4) is 0 Å². The van der Waals surface area contributed by atoms with Gasteiger partial charge in [-0.3, -0.25) is 4.79 Å². The summed E-state index contributed by atoms with van der Waals surface area (Å²) in [6.45, 7) is 2.25. The van der Waals surface area contributed by atoms with Gasteiger partial charge in [0.25, 0.3) is 5.91 Å². The first-order valence-corrected chi connectivity index (χ1v) is 6.89. The molecule has 114 valence electrons. The Morgan fingerprint density at radius 1 is 1.50 bits per heavy atom. The maximum Gasteiger partial charge on any atom is 0.274 e. The average molecular weight is 320 g/mol. The number of hydrogen-bond donors (Lipinski definition) is 2. The SMILES string of the molecule is CCOc1cc(/C=N/NC(=O)c2cccnc2Cl)ccc1O. The second kappa shape index (κ2) is 7.42. The molecular formula is C15H14ClN3O3. The van der Waals surface area contributed by atoms with Crippen molar-refractivity contribution in [3.8, 4) is 11.5 Å². The molecule has 0 radical (unpaired) electrons. The van der Waals surface area contributed by atoms with Gasteiger partial charge in [-0.25, -0.2) is 10.4 Å². The molecule has 1 aromatic heterocycles. The van der Waals surface area contributed by atoms with Crippen LogP contribution in [0.4, 0.5) is 0 Å². The van der Waals surface area contributed by atoms with E-state index < -0.39 is 5.91 Å². The molecule has 0 aliphatic carbocycles. The van der Waals surface area contributed by atoms with E-state index in [-0.39, 0.29) is 16.5 Å². The number of halogens is 1. The van der Waals surface area contributed by atoms with Crippen LogP contribution in [0.2, 0.25) is 5.15 Å². The van der Waals surface area contributed by atoms with Gasteiger partial charge in [0, 0.05) is 6.20 Å². The second-order valence-corrected chi connectivity index (χ2v) is 4.56. The predicted molar refractivity (Wildman–Crippen MR) is 83.6 cm³/mol. The van der Waals surface area contributed by atoms with E-state index in [0.29, 0.717) is 17.9 Å². The number of carbonyl (C=O) groups is 1. The number of pyridine rings is 1. The molecule has 2 aromatic rings. The molecule has 1 aromatic carbocycles. The Kier molecular flexibility index (Phi) is 5.32. The van der Waals surface area contributed by atoms with Gasteiger partial charge in [0.1, 0.15) is 5.15 Å². The number of hydrazone groups is 1. The van der Waals surface area contributed by atoms with Gasteiger partial charge in [0.05, 0.1) is 18.4 Å². The molecule has 0 aliphatic rings. The minimum atomic E-state index is -0.460. The molecule has 0 aliphatic heterocycles. The first-order chi connectivity index (χ1) is 10.6. The topological polar surface area (TPSA) is 83.8 Å². The lowest BCUT2D eigenvalue weighted by atomic mass is 10.2. The first kappa shape index (κ1) is 15.8. The van der Waals surface area contributed by atoms with Crippen LogP contribution in [-0.4, -0.2) is 28.8 Å². The van der Waals surface area contributed by atoms with E-state index in [1.165, 1.54) is 18.5 Å². The molecule has 0 saturated carbocycles. The number of phenols is 1. The van der Waals surface area contributed by atoms with Gasteiger partial charge in [0.2, 0.25) is 0 Å². The Hall–Kier alpha value is -2.60. The highest BCUT2D eigenvalue weighted by molar-refractivity contribution is 6.32. The summed E-state index contributed by atoms with van der Waals surface area (Å²) in [5.74, 6) is -0.0589. The zero-order valence-electron chi connectivity index (χ0n) is 11.8. The number of rotatable bonds is 5. The monoisotopic (exact) mass is 319 g/mol. The third-order valence-electron chi connectivity index (χ3n) is 2.67. The molecule has 0 spiro atoms. The highest BCUT2D eigenvalue weighted by Gasteiger charge is 2.09. The molecule has 22 heavy (non-hydrogen) atoms. The summed E-state index contributed by atoms with van der Waals surface area (Å²) in [5.41, 5.74) is 3.26. The summed E-state index contributed by atoms with van der Waals surface area (Å²) in [5, 5.41) is 13.5. The van der Waals surface area contributed by atoms with Crippen LogP contribution in [0.5, 0.6) is 11.5 Å². The highest BCUT2D eigenvalue weighted by atomic mass is 35.5. The normalized spacial score (nSPS) is 10.6. The molecule has 0 saturated heterocycles. The van der Waals surface area contributed by atoms with E-state index >= 15 is 0 Å². The lowest BCUT2D eigenvalue weighted by molar-refractivity contribution is 0.0955. The lowest BCUT2D eigenvalue weighted by Gasteiger charge is -2.06. The maximum atomic E-state index is 11.9. The van der Waals surface area contributed by atoms with E-state index in [0.717, 1.165) is 0 Å². The van der Waals surface area contributed by atoms with Crippen molar-refractivity contribution in [1.29, 1.82) is 0 Å². The molecule has 1 heterocycles. The lowest BCUT2D eigenvalue weighted by Crippen LogP contribution is -2.18. The van der Waals surface area contributed by atoms with Gasteiger partial charge in [-0.1, -0.05) is 11.6 Å². The minimum Gasteiger partial charge on any atom is -0.504 e. The molecule has 1 amide bonds. The van der Waals surface area contributed by atoms with Crippen molar-refractivity contribution in [2.24, 2.45) is 5.10 Å². The van der Waals surface area contributed by atoms with Gasteiger partial charge < -0.3 is 9.84 Å². The zero-order chi connectivity index (χ0) is 15.9. The van der Waals surface area contributed by atoms with Gasteiger partial charge in [-0.15, -0.1) is 0 Å². The zero-order valence-corrected chi connectivity index (χ0v) is 12.5. The molecule has 0 fully saturated rings. The first-order valence-electron chi connectivity index (χ1n) is 6.51. The maximum absolute atomic E-state index is 11.9. The summed E-state index contributed by atoms with van der Waals surface area (Å²) < 4.78 is 5.27. The minimum absolute atomic E-state index is 0.0465. The number of phenolic OH excluding ortho intramolecular Hbond substituents is 1. The quantitative estimate of drug-likeness (QED) is 0.504. The Bertz CT molecular complexity index is 704. The van der Waals surface area contributed by atoms with Crippen LogP contribution in [0.1, 0.15) is 22.8 Å². The molecule has 6 nitrogen and oxygen atoms in total. The fourth-order valence-corrected chi connectivity index (χ4v) is 1.87. The van der Waals surface area contributed by atoms with E-state index in [9.17, 15) is 9.90 Å².